The number of aryl methyl sites for hydroxylation is 1. The Kier molecular flexibility index (Phi) is 6.93. The van der Waals surface area contributed by atoms with Gasteiger partial charge in [-0.1, -0.05) is 67.2 Å². The van der Waals surface area contributed by atoms with E-state index >= 15 is 0 Å². The van der Waals surface area contributed by atoms with Gasteiger partial charge in [-0.05, 0) is 51.9 Å². The maximum Gasteiger partial charge on any atom is 0.196 e. The second kappa shape index (κ2) is 9.91. The first-order valence-electron chi connectivity index (χ1n) is 14.2. The lowest BCUT2D eigenvalue weighted by molar-refractivity contribution is 0.583. The lowest BCUT2D eigenvalue weighted by atomic mass is 9.84. The number of benzene rings is 1. The monoisotopic (exact) mass is 563 g/mol. The van der Waals surface area contributed by atoms with Gasteiger partial charge in [-0.25, -0.2) is 4.98 Å². The second-order valence-corrected chi connectivity index (χ2v) is 19.2. The molecule has 0 atom stereocenters. The molecule has 0 spiro atoms. The summed E-state index contributed by atoms with van der Waals surface area (Å²) < 4.78 is 1.99. The Bertz CT molecular complexity index is 1810. The van der Waals surface area contributed by atoms with Crippen LogP contribution in [0.5, 0.6) is 0 Å². The summed E-state index contributed by atoms with van der Waals surface area (Å²) in [4.78, 5) is 31.5. The first kappa shape index (κ1) is 28.7. The lowest BCUT2D eigenvalue weighted by Gasteiger charge is -2.22. The molecule has 6 nitrogen and oxygen atoms in total. The Morgan fingerprint density at radius 2 is 1.56 bits per heavy atom. The van der Waals surface area contributed by atoms with Gasteiger partial charge in [0.05, 0.1) is 30.5 Å². The van der Waals surface area contributed by atoms with Crippen LogP contribution < -0.4 is 10.6 Å². The smallest absolute Gasteiger partial charge is 0.196 e. The molecule has 1 aromatic carbocycles. The molecular weight excluding hydrogens is 522 g/mol. The van der Waals surface area contributed by atoms with Gasteiger partial charge in [-0.2, -0.15) is 0 Å². The number of H-pyrrole nitrogens is 1. The third kappa shape index (κ3) is 5.43. The molecule has 4 aromatic heterocycles. The van der Waals surface area contributed by atoms with Crippen molar-refractivity contribution in [3.63, 3.8) is 0 Å². The topological polar surface area (TPSA) is 76.5 Å². The first-order chi connectivity index (χ1) is 19.1. The Labute approximate surface area is 244 Å². The summed E-state index contributed by atoms with van der Waals surface area (Å²) in [5.41, 5.74) is 7.58. The van der Waals surface area contributed by atoms with Gasteiger partial charge in [0.15, 0.2) is 5.43 Å². The van der Waals surface area contributed by atoms with E-state index in [-0.39, 0.29) is 16.3 Å². The number of fused-ring (bicyclic) bond motifs is 1. The zero-order valence-electron chi connectivity index (χ0n) is 26.0. The molecule has 1 N–H and O–H groups in total. The molecule has 5 aromatic rings. The Morgan fingerprint density at radius 3 is 2.17 bits per heavy atom. The molecule has 0 saturated carbocycles. The summed E-state index contributed by atoms with van der Waals surface area (Å²) in [7, 11) is 0.508. The maximum atomic E-state index is 13.5. The average Bonchev–Trinajstić information content (AvgIpc) is 3.23. The first-order valence-corrected chi connectivity index (χ1v) is 17.7. The van der Waals surface area contributed by atoms with Crippen molar-refractivity contribution in [2.75, 3.05) is 0 Å². The predicted molar refractivity (Wildman–Crippen MR) is 174 cm³/mol. The second-order valence-electron chi connectivity index (χ2n) is 14.1. The lowest BCUT2D eigenvalue weighted by Crippen LogP contribution is -2.37. The minimum Gasteiger partial charge on any atom is -0.366 e. The average molecular weight is 564 g/mol. The van der Waals surface area contributed by atoms with E-state index in [1.807, 2.05) is 50.8 Å². The van der Waals surface area contributed by atoms with Crippen LogP contribution in [0.2, 0.25) is 19.6 Å². The SMILES string of the molecule is Cn1c(-c2c[nH]cc(C(C)(C)C)c2=O)nc2c(-c3cc(-c4ccc([Si](C)(C)C)cn4)cc(C(C)(C)C)c3)nccc21. The molecule has 212 valence electrons. The third-order valence-corrected chi connectivity index (χ3v) is 9.82. The van der Waals surface area contributed by atoms with Crippen molar-refractivity contribution < 1.29 is 0 Å². The highest BCUT2D eigenvalue weighted by Crippen LogP contribution is 2.35. The standard InChI is InChI=1S/C34H41N5OSi/c1-33(2,3)23-16-21(27-12-11-24(18-37-27)41(8,9)10)15-22(17-23)29-30-28(13-14-36-29)39(7)32(38-30)25-19-35-20-26(31(25)40)34(4,5)6/h11-20H,1-10H3,(H,35,40). The summed E-state index contributed by atoms with van der Waals surface area (Å²) in [6, 6.07) is 12.9. The Morgan fingerprint density at radius 1 is 0.854 bits per heavy atom. The Balaban J connectivity index is 1.71. The fourth-order valence-electron chi connectivity index (χ4n) is 5.13. The summed E-state index contributed by atoms with van der Waals surface area (Å²) in [5.74, 6) is 0.623. The van der Waals surface area contributed by atoms with E-state index in [2.05, 4.69) is 75.7 Å². The van der Waals surface area contributed by atoms with E-state index in [9.17, 15) is 4.79 Å². The zero-order chi connectivity index (χ0) is 29.9. The molecule has 0 aliphatic rings. The van der Waals surface area contributed by atoms with Crippen molar-refractivity contribution in [1.29, 1.82) is 0 Å². The van der Waals surface area contributed by atoms with Crippen LogP contribution in [0, 0.1) is 0 Å². The molecule has 0 aliphatic heterocycles. The van der Waals surface area contributed by atoms with Gasteiger partial charge < -0.3 is 9.55 Å². The molecule has 4 heterocycles. The minimum atomic E-state index is -1.45. The number of rotatable bonds is 4. The van der Waals surface area contributed by atoms with Gasteiger partial charge in [0.25, 0.3) is 0 Å². The number of nitrogens with zero attached hydrogens (tertiary/aromatic N) is 4. The van der Waals surface area contributed by atoms with E-state index < -0.39 is 8.07 Å². The van der Waals surface area contributed by atoms with Crippen LogP contribution in [0.25, 0.3) is 44.9 Å². The number of imidazole rings is 1. The number of pyridine rings is 3. The molecule has 0 aliphatic carbocycles. The summed E-state index contributed by atoms with van der Waals surface area (Å²) >= 11 is 0. The van der Waals surface area contributed by atoms with E-state index in [0.717, 1.165) is 39.1 Å². The molecule has 0 unspecified atom stereocenters. The zero-order valence-corrected chi connectivity index (χ0v) is 27.0. The molecule has 0 radical (unpaired) electrons. The van der Waals surface area contributed by atoms with Crippen molar-refractivity contribution in [2.24, 2.45) is 7.05 Å². The third-order valence-electron chi connectivity index (χ3n) is 7.79. The minimum absolute atomic E-state index is 0.00554. The van der Waals surface area contributed by atoms with Crippen molar-refractivity contribution in [3.8, 4) is 33.9 Å². The summed E-state index contributed by atoms with van der Waals surface area (Å²) in [6.45, 7) is 19.8. The fraction of sp³-hybridized carbons (Fsp3) is 0.353. The van der Waals surface area contributed by atoms with Crippen LogP contribution in [-0.4, -0.2) is 32.6 Å². The number of hydrogen-bond donors (Lipinski definition) is 1. The van der Waals surface area contributed by atoms with Crippen LogP contribution in [0.15, 0.2) is 66.0 Å². The van der Waals surface area contributed by atoms with Crippen LogP contribution in [0.4, 0.5) is 0 Å². The molecule has 0 fully saturated rings. The quantitative estimate of drug-likeness (QED) is 0.235. The van der Waals surface area contributed by atoms with Gasteiger partial charge in [-0.15, -0.1) is 0 Å². The van der Waals surface area contributed by atoms with E-state index in [0.29, 0.717) is 11.4 Å². The van der Waals surface area contributed by atoms with Gasteiger partial charge >= 0.3 is 0 Å². The summed E-state index contributed by atoms with van der Waals surface area (Å²) in [5, 5.41) is 1.34. The van der Waals surface area contributed by atoms with E-state index in [4.69, 9.17) is 15.0 Å². The van der Waals surface area contributed by atoms with E-state index in [1.165, 1.54) is 10.8 Å². The van der Waals surface area contributed by atoms with Gasteiger partial charge in [-0.3, -0.25) is 14.8 Å². The summed E-state index contributed by atoms with van der Waals surface area (Å²) in [6.07, 6.45) is 7.41. The number of nitrogens with one attached hydrogen (secondary N) is 1. The van der Waals surface area contributed by atoms with Crippen molar-refractivity contribution >= 4 is 24.3 Å². The van der Waals surface area contributed by atoms with Crippen molar-refractivity contribution in [3.05, 3.63) is 82.5 Å². The number of hydrogen-bond acceptors (Lipinski definition) is 4. The van der Waals surface area contributed by atoms with Crippen LogP contribution in [-0.2, 0) is 17.9 Å². The molecule has 0 saturated heterocycles. The van der Waals surface area contributed by atoms with Crippen molar-refractivity contribution in [2.45, 2.75) is 72.0 Å². The molecule has 0 bridgehead atoms. The highest BCUT2D eigenvalue weighted by molar-refractivity contribution is 6.88. The largest absolute Gasteiger partial charge is 0.366 e. The van der Waals surface area contributed by atoms with E-state index in [1.54, 1.807) is 12.4 Å². The Hall–Kier alpha value is -3.84. The highest BCUT2D eigenvalue weighted by atomic mass is 28.3. The normalized spacial score (nSPS) is 12.7. The molecule has 41 heavy (non-hydrogen) atoms. The number of aromatic amines is 1. The molecule has 7 heteroatoms. The van der Waals surface area contributed by atoms with Crippen LogP contribution in [0.1, 0.15) is 52.7 Å². The van der Waals surface area contributed by atoms with Gasteiger partial charge in [0.2, 0.25) is 0 Å². The fourth-order valence-corrected chi connectivity index (χ4v) is 6.17. The van der Waals surface area contributed by atoms with Gasteiger partial charge in [0.1, 0.15) is 11.3 Å². The molecule has 5 rings (SSSR count). The number of aromatic nitrogens is 5. The highest BCUT2D eigenvalue weighted by Gasteiger charge is 2.24. The molecular formula is C34H41N5OSi. The van der Waals surface area contributed by atoms with Crippen LogP contribution in [0.3, 0.4) is 0 Å². The van der Waals surface area contributed by atoms with Gasteiger partial charge in [0, 0.05) is 48.5 Å². The van der Waals surface area contributed by atoms with Crippen LogP contribution >= 0.6 is 0 Å². The predicted octanol–water partition coefficient (Wildman–Crippen LogP) is 7.19. The molecule has 0 amide bonds. The van der Waals surface area contributed by atoms with Crippen molar-refractivity contribution in [1.82, 2.24) is 24.5 Å². The maximum absolute atomic E-state index is 13.5.